The molecular formula is C17H20N4O3. The van der Waals surface area contributed by atoms with Crippen LogP contribution in [0, 0.1) is 0 Å². The fourth-order valence-electron chi connectivity index (χ4n) is 2.18. The highest BCUT2D eigenvalue weighted by atomic mass is 16.5. The molecule has 0 bridgehead atoms. The number of nitrogens with one attached hydrogen (secondary N) is 1. The van der Waals surface area contributed by atoms with E-state index in [2.05, 4.69) is 20.4 Å². The molecule has 0 amide bonds. The summed E-state index contributed by atoms with van der Waals surface area (Å²) in [6.07, 6.45) is 3.18. The number of rotatable bonds is 6. The molecule has 2 N–H and O–H groups in total. The summed E-state index contributed by atoms with van der Waals surface area (Å²) in [6, 6.07) is 7.07. The van der Waals surface area contributed by atoms with Crippen LogP contribution in [0.25, 0.3) is 11.5 Å². The minimum atomic E-state index is -1.14. The zero-order valence-corrected chi connectivity index (χ0v) is 13.9. The number of aromatic nitrogens is 3. The molecule has 0 saturated heterocycles. The Balaban J connectivity index is 1.73. The quantitative estimate of drug-likeness (QED) is 0.717. The van der Waals surface area contributed by atoms with Gasteiger partial charge in [-0.3, -0.25) is 0 Å². The van der Waals surface area contributed by atoms with Gasteiger partial charge in [0.1, 0.15) is 17.2 Å². The predicted octanol–water partition coefficient (Wildman–Crippen LogP) is 3.17. The van der Waals surface area contributed by atoms with Crippen LogP contribution in [0.2, 0.25) is 0 Å². The van der Waals surface area contributed by atoms with E-state index in [0.29, 0.717) is 23.3 Å². The van der Waals surface area contributed by atoms with Gasteiger partial charge in [0.15, 0.2) is 5.82 Å². The molecule has 3 aromatic heterocycles. The Morgan fingerprint density at radius 1 is 1.33 bits per heavy atom. The maximum atomic E-state index is 10.5. The molecule has 24 heavy (non-hydrogen) atoms. The molecule has 3 heterocycles. The molecule has 1 unspecified atom stereocenters. The SMILES string of the molecule is CC(C)c1noc(-c2ccnc(NCC(C)(O)c3ccco3)c2)n1. The van der Waals surface area contributed by atoms with Gasteiger partial charge in [-0.15, -0.1) is 0 Å². The lowest BCUT2D eigenvalue weighted by Crippen LogP contribution is -2.30. The second-order valence-electron chi connectivity index (χ2n) is 6.15. The molecule has 126 valence electrons. The minimum absolute atomic E-state index is 0.199. The summed E-state index contributed by atoms with van der Waals surface area (Å²) in [5.41, 5.74) is -0.374. The topological polar surface area (TPSA) is 97.2 Å². The maximum absolute atomic E-state index is 10.5. The van der Waals surface area contributed by atoms with Crippen molar-refractivity contribution < 1.29 is 14.0 Å². The van der Waals surface area contributed by atoms with E-state index in [-0.39, 0.29) is 12.5 Å². The van der Waals surface area contributed by atoms with Crippen molar-refractivity contribution in [2.24, 2.45) is 0 Å². The molecule has 0 aromatic carbocycles. The molecular weight excluding hydrogens is 308 g/mol. The first kappa shape index (κ1) is 16.2. The third-order valence-electron chi connectivity index (χ3n) is 3.63. The first-order chi connectivity index (χ1) is 11.5. The van der Waals surface area contributed by atoms with Crippen LogP contribution in [0.5, 0.6) is 0 Å². The van der Waals surface area contributed by atoms with Gasteiger partial charge < -0.3 is 19.4 Å². The van der Waals surface area contributed by atoms with Crippen molar-refractivity contribution in [3.05, 3.63) is 48.3 Å². The fourth-order valence-corrected chi connectivity index (χ4v) is 2.18. The first-order valence-corrected chi connectivity index (χ1v) is 7.76. The average molecular weight is 328 g/mol. The molecule has 0 saturated carbocycles. The fraction of sp³-hybridized carbons (Fsp3) is 0.353. The van der Waals surface area contributed by atoms with Crippen LogP contribution in [0.1, 0.15) is 38.3 Å². The highest BCUT2D eigenvalue weighted by Crippen LogP contribution is 2.24. The molecule has 0 aliphatic rings. The number of furan rings is 1. The van der Waals surface area contributed by atoms with Crippen molar-refractivity contribution in [1.82, 2.24) is 15.1 Å². The van der Waals surface area contributed by atoms with Crippen molar-refractivity contribution in [2.75, 3.05) is 11.9 Å². The van der Waals surface area contributed by atoms with E-state index in [1.54, 1.807) is 37.4 Å². The number of nitrogens with zero attached hydrogens (tertiary/aromatic N) is 3. The summed E-state index contributed by atoms with van der Waals surface area (Å²) in [4.78, 5) is 8.62. The average Bonchev–Trinajstić information content (AvgIpc) is 3.25. The van der Waals surface area contributed by atoms with E-state index in [1.807, 2.05) is 13.8 Å². The minimum Gasteiger partial charge on any atom is -0.466 e. The van der Waals surface area contributed by atoms with Crippen LogP contribution in [0.3, 0.4) is 0 Å². The van der Waals surface area contributed by atoms with E-state index in [4.69, 9.17) is 8.94 Å². The number of pyridine rings is 1. The Morgan fingerprint density at radius 2 is 2.17 bits per heavy atom. The van der Waals surface area contributed by atoms with E-state index in [1.165, 1.54) is 6.26 Å². The highest BCUT2D eigenvalue weighted by molar-refractivity contribution is 5.57. The van der Waals surface area contributed by atoms with Crippen molar-refractivity contribution in [1.29, 1.82) is 0 Å². The van der Waals surface area contributed by atoms with Crippen molar-refractivity contribution >= 4 is 5.82 Å². The van der Waals surface area contributed by atoms with Crippen molar-refractivity contribution in [3.8, 4) is 11.5 Å². The molecule has 3 rings (SSSR count). The number of hydrogen-bond donors (Lipinski definition) is 2. The summed E-state index contributed by atoms with van der Waals surface area (Å²) >= 11 is 0. The van der Waals surface area contributed by atoms with Gasteiger partial charge in [0.2, 0.25) is 0 Å². The molecule has 3 aromatic rings. The Bertz CT molecular complexity index is 794. The van der Waals surface area contributed by atoms with Crippen molar-refractivity contribution in [2.45, 2.75) is 32.3 Å². The largest absolute Gasteiger partial charge is 0.466 e. The molecule has 0 spiro atoms. The molecule has 7 nitrogen and oxygen atoms in total. The van der Waals surface area contributed by atoms with E-state index >= 15 is 0 Å². The zero-order valence-electron chi connectivity index (χ0n) is 13.9. The van der Waals surface area contributed by atoms with Gasteiger partial charge in [0, 0.05) is 17.7 Å². The molecule has 1 atom stereocenters. The van der Waals surface area contributed by atoms with Crippen LogP contribution in [-0.2, 0) is 5.60 Å². The Hall–Kier alpha value is -2.67. The van der Waals surface area contributed by atoms with Gasteiger partial charge in [0.05, 0.1) is 12.8 Å². The van der Waals surface area contributed by atoms with Gasteiger partial charge >= 0.3 is 0 Å². The highest BCUT2D eigenvalue weighted by Gasteiger charge is 2.26. The molecule has 0 fully saturated rings. The first-order valence-electron chi connectivity index (χ1n) is 7.76. The van der Waals surface area contributed by atoms with Gasteiger partial charge in [-0.2, -0.15) is 4.98 Å². The Morgan fingerprint density at radius 3 is 2.83 bits per heavy atom. The second-order valence-corrected chi connectivity index (χ2v) is 6.15. The smallest absolute Gasteiger partial charge is 0.258 e. The van der Waals surface area contributed by atoms with E-state index in [0.717, 1.165) is 5.56 Å². The van der Waals surface area contributed by atoms with Crippen LogP contribution >= 0.6 is 0 Å². The van der Waals surface area contributed by atoms with Crippen LogP contribution in [0.15, 0.2) is 45.7 Å². The van der Waals surface area contributed by atoms with E-state index in [9.17, 15) is 5.11 Å². The summed E-state index contributed by atoms with van der Waals surface area (Å²) in [5, 5.41) is 17.5. The van der Waals surface area contributed by atoms with E-state index < -0.39 is 5.60 Å². The van der Waals surface area contributed by atoms with Gasteiger partial charge in [0.25, 0.3) is 5.89 Å². The monoisotopic (exact) mass is 328 g/mol. The lowest BCUT2D eigenvalue weighted by molar-refractivity contribution is 0.0476. The Kier molecular flexibility index (Phi) is 4.35. The second kappa shape index (κ2) is 6.45. The standard InChI is InChI=1S/C17H20N4O3/c1-11(2)15-20-16(24-21-15)12-6-7-18-14(9-12)19-10-17(3,22)13-5-4-8-23-13/h4-9,11,22H,10H2,1-3H3,(H,18,19). The van der Waals surface area contributed by atoms with Crippen molar-refractivity contribution in [3.63, 3.8) is 0 Å². The predicted molar refractivity (Wildman–Crippen MR) is 88.4 cm³/mol. The maximum Gasteiger partial charge on any atom is 0.258 e. The summed E-state index contributed by atoms with van der Waals surface area (Å²) in [7, 11) is 0. The molecule has 0 aliphatic heterocycles. The zero-order chi connectivity index (χ0) is 17.2. The van der Waals surface area contributed by atoms with Gasteiger partial charge in [-0.25, -0.2) is 4.98 Å². The number of aliphatic hydroxyl groups is 1. The normalized spacial score (nSPS) is 13.9. The lowest BCUT2D eigenvalue weighted by Gasteiger charge is -2.21. The summed E-state index contributed by atoms with van der Waals surface area (Å²) in [5.74, 6) is 2.40. The lowest BCUT2D eigenvalue weighted by atomic mass is 10.0. The number of hydrogen-bond acceptors (Lipinski definition) is 7. The Labute approximate surface area is 139 Å². The number of anilines is 1. The molecule has 0 radical (unpaired) electrons. The molecule has 7 heteroatoms. The van der Waals surface area contributed by atoms with Gasteiger partial charge in [-0.05, 0) is 31.2 Å². The third-order valence-corrected chi connectivity index (χ3v) is 3.63. The van der Waals surface area contributed by atoms with Crippen LogP contribution < -0.4 is 5.32 Å². The third kappa shape index (κ3) is 3.46. The van der Waals surface area contributed by atoms with Crippen LogP contribution in [0.4, 0.5) is 5.82 Å². The van der Waals surface area contributed by atoms with Gasteiger partial charge in [-0.1, -0.05) is 19.0 Å². The molecule has 0 aliphatic carbocycles. The summed E-state index contributed by atoms with van der Waals surface area (Å²) < 4.78 is 10.6. The summed E-state index contributed by atoms with van der Waals surface area (Å²) in [6.45, 7) is 5.93. The van der Waals surface area contributed by atoms with Crippen LogP contribution in [-0.4, -0.2) is 26.8 Å².